The monoisotopic (exact) mass is 282 g/mol. The first-order valence-corrected chi connectivity index (χ1v) is 7.29. The molecule has 0 amide bonds. The Balaban J connectivity index is 2.15. The van der Waals surface area contributed by atoms with Gasteiger partial charge in [-0.05, 0) is 59.2 Å². The SMILES string of the molecule is CC1(C)OC(C(C=CN)=NC2CCCCO2)OC1(C)C. The molecule has 2 N–H and O–H groups in total. The first-order valence-electron chi connectivity index (χ1n) is 7.29. The third-order valence-corrected chi connectivity index (χ3v) is 4.21. The minimum Gasteiger partial charge on any atom is -0.405 e. The summed E-state index contributed by atoms with van der Waals surface area (Å²) in [6, 6.07) is 0. The first kappa shape index (κ1) is 15.5. The van der Waals surface area contributed by atoms with Crippen molar-refractivity contribution in [2.24, 2.45) is 10.7 Å². The Kier molecular flexibility index (Phi) is 4.52. The van der Waals surface area contributed by atoms with E-state index in [-0.39, 0.29) is 17.4 Å². The molecule has 2 aliphatic rings. The summed E-state index contributed by atoms with van der Waals surface area (Å²) in [4.78, 5) is 4.62. The van der Waals surface area contributed by atoms with Crippen LogP contribution in [0.1, 0.15) is 47.0 Å². The van der Waals surface area contributed by atoms with Crippen LogP contribution in [0, 0.1) is 0 Å². The van der Waals surface area contributed by atoms with Crippen molar-refractivity contribution < 1.29 is 14.2 Å². The minimum absolute atomic E-state index is 0.117. The molecular weight excluding hydrogens is 256 g/mol. The number of nitrogens with two attached hydrogens (primary N) is 1. The van der Waals surface area contributed by atoms with Gasteiger partial charge in [-0.25, -0.2) is 0 Å². The summed E-state index contributed by atoms with van der Waals surface area (Å²) in [6.45, 7) is 8.85. The highest BCUT2D eigenvalue weighted by Gasteiger charge is 2.50. The topological polar surface area (TPSA) is 66.1 Å². The van der Waals surface area contributed by atoms with E-state index in [0.29, 0.717) is 5.71 Å². The van der Waals surface area contributed by atoms with Gasteiger partial charge in [0.05, 0.1) is 16.9 Å². The number of aliphatic imine (C=N–C) groups is 1. The second kappa shape index (κ2) is 5.84. The molecule has 2 heterocycles. The quantitative estimate of drug-likeness (QED) is 0.807. The summed E-state index contributed by atoms with van der Waals surface area (Å²) in [5.41, 5.74) is 5.46. The Morgan fingerprint density at radius 1 is 1.15 bits per heavy atom. The predicted octanol–water partition coefficient (Wildman–Crippen LogP) is 2.36. The van der Waals surface area contributed by atoms with Gasteiger partial charge in [-0.3, -0.25) is 4.99 Å². The molecule has 2 rings (SSSR count). The van der Waals surface area contributed by atoms with Crippen LogP contribution in [0.2, 0.25) is 0 Å². The second-order valence-electron chi connectivity index (χ2n) is 6.32. The van der Waals surface area contributed by atoms with Gasteiger partial charge in [0.15, 0.2) is 0 Å². The highest BCUT2D eigenvalue weighted by atomic mass is 16.7. The summed E-state index contributed by atoms with van der Waals surface area (Å²) in [6.07, 6.45) is 5.76. The van der Waals surface area contributed by atoms with Crippen molar-refractivity contribution in [3.05, 3.63) is 12.3 Å². The average Bonchev–Trinajstić information content (AvgIpc) is 2.59. The number of ether oxygens (including phenoxy) is 3. The molecule has 0 spiro atoms. The van der Waals surface area contributed by atoms with Crippen LogP contribution in [0.25, 0.3) is 0 Å². The lowest BCUT2D eigenvalue weighted by molar-refractivity contribution is -0.0377. The summed E-state index contributed by atoms with van der Waals surface area (Å²) in [7, 11) is 0. The Bertz CT molecular complexity index is 380. The molecule has 2 aliphatic heterocycles. The van der Waals surface area contributed by atoms with Crippen molar-refractivity contribution in [2.45, 2.75) is 70.7 Å². The van der Waals surface area contributed by atoms with E-state index >= 15 is 0 Å². The molecule has 114 valence electrons. The van der Waals surface area contributed by atoms with Crippen LogP contribution in [-0.4, -0.2) is 36.0 Å². The smallest absolute Gasteiger partial charge is 0.202 e. The molecular formula is C15H26N2O3. The normalized spacial score (nSPS) is 31.0. The molecule has 0 aromatic heterocycles. The fourth-order valence-electron chi connectivity index (χ4n) is 2.24. The maximum absolute atomic E-state index is 6.00. The number of hydrogen-bond donors (Lipinski definition) is 1. The van der Waals surface area contributed by atoms with Gasteiger partial charge in [0.1, 0.15) is 6.23 Å². The molecule has 0 saturated carbocycles. The van der Waals surface area contributed by atoms with Gasteiger partial charge in [-0.2, -0.15) is 0 Å². The number of hydrogen-bond acceptors (Lipinski definition) is 5. The van der Waals surface area contributed by atoms with E-state index < -0.39 is 6.29 Å². The average molecular weight is 282 g/mol. The molecule has 20 heavy (non-hydrogen) atoms. The van der Waals surface area contributed by atoms with Crippen LogP contribution < -0.4 is 5.73 Å². The van der Waals surface area contributed by atoms with Gasteiger partial charge in [-0.15, -0.1) is 0 Å². The van der Waals surface area contributed by atoms with Gasteiger partial charge in [0.2, 0.25) is 6.29 Å². The highest BCUT2D eigenvalue weighted by molar-refractivity contribution is 5.98. The number of nitrogens with zero attached hydrogens (tertiary/aromatic N) is 1. The standard InChI is InChI=1S/C15H26N2O3/c1-14(2)15(3,4)20-13(19-14)11(8-9-16)17-12-7-5-6-10-18-12/h8-9,12-13H,5-7,10,16H2,1-4H3. The molecule has 0 bridgehead atoms. The zero-order valence-corrected chi connectivity index (χ0v) is 12.9. The molecule has 2 saturated heterocycles. The van der Waals surface area contributed by atoms with Gasteiger partial charge in [0, 0.05) is 6.61 Å². The van der Waals surface area contributed by atoms with Crippen molar-refractivity contribution >= 4 is 5.71 Å². The van der Waals surface area contributed by atoms with Crippen LogP contribution >= 0.6 is 0 Å². The molecule has 5 heteroatoms. The van der Waals surface area contributed by atoms with Gasteiger partial charge < -0.3 is 19.9 Å². The Hall–Kier alpha value is -0.910. The molecule has 0 aromatic carbocycles. The van der Waals surface area contributed by atoms with E-state index in [4.69, 9.17) is 19.9 Å². The molecule has 0 radical (unpaired) electrons. The first-order chi connectivity index (χ1) is 9.36. The van der Waals surface area contributed by atoms with Gasteiger partial charge >= 0.3 is 0 Å². The van der Waals surface area contributed by atoms with Crippen LogP contribution in [0.3, 0.4) is 0 Å². The third kappa shape index (κ3) is 3.22. The van der Waals surface area contributed by atoms with Crippen LogP contribution in [0.5, 0.6) is 0 Å². The molecule has 0 aliphatic carbocycles. The largest absolute Gasteiger partial charge is 0.405 e. The van der Waals surface area contributed by atoms with Crippen LogP contribution in [0.4, 0.5) is 0 Å². The molecule has 1 unspecified atom stereocenters. The van der Waals surface area contributed by atoms with E-state index in [1.165, 1.54) is 6.20 Å². The fourth-order valence-corrected chi connectivity index (χ4v) is 2.24. The lowest BCUT2D eigenvalue weighted by Crippen LogP contribution is -2.41. The maximum atomic E-state index is 6.00. The lowest BCUT2D eigenvalue weighted by atomic mass is 9.90. The molecule has 1 atom stereocenters. The zero-order chi connectivity index (χ0) is 14.8. The summed E-state index contributed by atoms with van der Waals surface area (Å²) in [5.74, 6) is 0. The lowest BCUT2D eigenvalue weighted by Gasteiger charge is -2.30. The fraction of sp³-hybridized carbons (Fsp3) is 0.800. The number of rotatable bonds is 3. The summed E-state index contributed by atoms with van der Waals surface area (Å²) in [5, 5.41) is 0. The zero-order valence-electron chi connectivity index (χ0n) is 12.9. The summed E-state index contributed by atoms with van der Waals surface area (Å²) < 4.78 is 17.7. The molecule has 0 aromatic rings. The Morgan fingerprint density at radius 2 is 1.80 bits per heavy atom. The van der Waals surface area contributed by atoms with Gasteiger partial charge in [-0.1, -0.05) is 0 Å². The van der Waals surface area contributed by atoms with Crippen molar-refractivity contribution in [1.29, 1.82) is 0 Å². The van der Waals surface area contributed by atoms with Crippen molar-refractivity contribution in [3.8, 4) is 0 Å². The van der Waals surface area contributed by atoms with Crippen molar-refractivity contribution in [1.82, 2.24) is 0 Å². The third-order valence-electron chi connectivity index (χ3n) is 4.21. The van der Waals surface area contributed by atoms with Crippen molar-refractivity contribution in [3.63, 3.8) is 0 Å². The second-order valence-corrected chi connectivity index (χ2v) is 6.32. The predicted molar refractivity (Wildman–Crippen MR) is 78.5 cm³/mol. The highest BCUT2D eigenvalue weighted by Crippen LogP contribution is 2.38. The Morgan fingerprint density at radius 3 is 2.30 bits per heavy atom. The summed E-state index contributed by atoms with van der Waals surface area (Å²) >= 11 is 0. The Labute approximate surface area is 121 Å². The van der Waals surface area contributed by atoms with E-state index in [9.17, 15) is 0 Å². The molecule has 5 nitrogen and oxygen atoms in total. The maximum Gasteiger partial charge on any atom is 0.202 e. The van der Waals surface area contributed by atoms with E-state index in [2.05, 4.69) is 4.99 Å². The van der Waals surface area contributed by atoms with Gasteiger partial charge in [0.25, 0.3) is 0 Å². The van der Waals surface area contributed by atoms with E-state index in [0.717, 1.165) is 25.9 Å². The van der Waals surface area contributed by atoms with Crippen LogP contribution in [-0.2, 0) is 14.2 Å². The van der Waals surface area contributed by atoms with Crippen LogP contribution in [0.15, 0.2) is 17.3 Å². The molecule has 2 fully saturated rings. The van der Waals surface area contributed by atoms with Crippen molar-refractivity contribution in [2.75, 3.05) is 6.61 Å². The van der Waals surface area contributed by atoms with E-state index in [1.807, 2.05) is 27.7 Å². The minimum atomic E-state index is -0.495. The van der Waals surface area contributed by atoms with E-state index in [1.54, 1.807) is 6.08 Å².